The van der Waals surface area contributed by atoms with Crippen molar-refractivity contribution in [2.24, 2.45) is 17.8 Å². The summed E-state index contributed by atoms with van der Waals surface area (Å²) in [7, 11) is 0. The van der Waals surface area contributed by atoms with E-state index in [1.54, 1.807) is 18.0 Å². The van der Waals surface area contributed by atoms with Crippen LogP contribution in [0.25, 0.3) is 0 Å². The van der Waals surface area contributed by atoms with Gasteiger partial charge >= 0.3 is 0 Å². The van der Waals surface area contributed by atoms with Gasteiger partial charge in [0.1, 0.15) is 11.4 Å². The molecule has 8 heteroatoms. The van der Waals surface area contributed by atoms with Crippen LogP contribution in [0.5, 0.6) is 0 Å². The number of hydrogen-bond donors (Lipinski definition) is 2. The summed E-state index contributed by atoms with van der Waals surface area (Å²) in [4.78, 5) is 25.1. The van der Waals surface area contributed by atoms with Crippen LogP contribution in [0.3, 0.4) is 0 Å². The van der Waals surface area contributed by atoms with Crippen LogP contribution in [0.4, 0.5) is 5.82 Å². The average Bonchev–Trinajstić information content (AvgIpc) is 2.72. The molecule has 4 atom stereocenters. The lowest BCUT2D eigenvalue weighted by Gasteiger charge is -2.58. The molecule has 1 aromatic rings. The monoisotopic (exact) mass is 460 g/mol. The Morgan fingerprint density at radius 3 is 2.56 bits per heavy atom. The van der Waals surface area contributed by atoms with Crippen LogP contribution < -0.4 is 10.2 Å². The fourth-order valence-electron chi connectivity index (χ4n) is 6.82. The van der Waals surface area contributed by atoms with Gasteiger partial charge in [-0.05, 0) is 70.1 Å². The van der Waals surface area contributed by atoms with E-state index in [9.17, 15) is 9.90 Å². The van der Waals surface area contributed by atoms with E-state index in [2.05, 4.69) is 36.0 Å². The molecule has 4 aliphatic carbocycles. The third-order valence-electron chi connectivity index (χ3n) is 7.68. The molecule has 5 fully saturated rings. The van der Waals surface area contributed by atoms with Gasteiger partial charge in [-0.1, -0.05) is 18.7 Å². The number of anilines is 1. The van der Waals surface area contributed by atoms with Crippen molar-refractivity contribution in [1.29, 1.82) is 0 Å². The Morgan fingerprint density at radius 1 is 1.25 bits per heavy atom. The lowest BCUT2D eigenvalue weighted by molar-refractivity contribution is -0.136. The Balaban J connectivity index is 1.39. The molecule has 4 saturated carbocycles. The maximum atomic E-state index is 13.6. The van der Waals surface area contributed by atoms with Crippen LogP contribution in [0.15, 0.2) is 11.4 Å². The highest BCUT2D eigenvalue weighted by atomic mass is 32.2. The van der Waals surface area contributed by atoms with E-state index in [1.165, 1.54) is 0 Å². The van der Waals surface area contributed by atoms with Crippen molar-refractivity contribution in [2.45, 2.75) is 88.3 Å². The molecule has 0 radical (unpaired) electrons. The second kappa shape index (κ2) is 8.76. The van der Waals surface area contributed by atoms with Gasteiger partial charge < -0.3 is 20.1 Å². The predicted molar refractivity (Wildman–Crippen MR) is 125 cm³/mol. The van der Waals surface area contributed by atoms with E-state index < -0.39 is 5.60 Å². The zero-order valence-corrected chi connectivity index (χ0v) is 20.2. The number of amides is 1. The van der Waals surface area contributed by atoms with E-state index in [4.69, 9.17) is 9.72 Å². The second-order valence-corrected chi connectivity index (χ2v) is 11.7. The quantitative estimate of drug-likeness (QED) is 0.498. The maximum absolute atomic E-state index is 13.6. The Hall–Kier alpha value is -1.38. The summed E-state index contributed by atoms with van der Waals surface area (Å²) >= 11 is 1.63. The van der Waals surface area contributed by atoms with Gasteiger partial charge in [-0.15, -0.1) is 0 Å². The maximum Gasteiger partial charge on any atom is 0.256 e. The summed E-state index contributed by atoms with van der Waals surface area (Å²) in [5.41, 5.74) is 0.0594. The number of carbonyl (C=O) groups is 1. The molecule has 2 N–H and O–H groups in total. The van der Waals surface area contributed by atoms with Gasteiger partial charge in [-0.2, -0.15) is 0 Å². The van der Waals surface area contributed by atoms with Gasteiger partial charge in [0.05, 0.1) is 17.8 Å². The zero-order valence-electron chi connectivity index (χ0n) is 19.4. The number of morpholine rings is 1. The van der Waals surface area contributed by atoms with E-state index >= 15 is 0 Å². The molecule has 176 valence electrons. The SMILES string of the molecule is CCCSc1ncc(C(=O)NC2C3CC4CC2CC(O)(C4)C3)c(N2C[C@@H](C)O[C@@H](C)C2)n1. The number of hydrogen-bond acceptors (Lipinski definition) is 7. The first-order chi connectivity index (χ1) is 15.3. The lowest BCUT2D eigenvalue weighted by atomic mass is 9.52. The summed E-state index contributed by atoms with van der Waals surface area (Å²) in [6.07, 6.45) is 7.76. The standard InChI is InChI=1S/C24H36N4O3S/c1-4-5-32-23-25-11-19(21(27-23)28-12-14(2)31-15(3)13-28)22(29)26-20-17-6-16-7-18(20)10-24(30,8-16)9-17/h11,14-18,20,30H,4-10,12-13H2,1-3H3,(H,26,29)/t14-,15+,16?,17?,18?,20?,24?. The molecule has 2 heterocycles. The number of aromatic nitrogens is 2. The lowest BCUT2D eigenvalue weighted by Crippen LogP contribution is -2.61. The number of rotatable bonds is 6. The van der Waals surface area contributed by atoms with Crippen LogP contribution in [-0.4, -0.2) is 63.7 Å². The van der Waals surface area contributed by atoms with E-state index in [0.717, 1.165) is 55.3 Å². The van der Waals surface area contributed by atoms with E-state index in [-0.39, 0.29) is 24.2 Å². The van der Waals surface area contributed by atoms with Crippen molar-refractivity contribution in [3.63, 3.8) is 0 Å². The number of aliphatic hydroxyl groups is 1. The minimum Gasteiger partial charge on any atom is -0.390 e. The van der Waals surface area contributed by atoms with Crippen molar-refractivity contribution in [1.82, 2.24) is 15.3 Å². The highest BCUT2D eigenvalue weighted by molar-refractivity contribution is 7.99. The van der Waals surface area contributed by atoms with Crippen molar-refractivity contribution in [3.05, 3.63) is 11.8 Å². The summed E-state index contributed by atoms with van der Waals surface area (Å²) < 4.78 is 5.91. The number of carbonyl (C=O) groups excluding carboxylic acids is 1. The smallest absolute Gasteiger partial charge is 0.256 e. The van der Waals surface area contributed by atoms with Crippen molar-refractivity contribution in [3.8, 4) is 0 Å². The van der Waals surface area contributed by atoms with Gasteiger partial charge in [-0.3, -0.25) is 4.79 Å². The zero-order chi connectivity index (χ0) is 22.5. The average molecular weight is 461 g/mol. The molecule has 32 heavy (non-hydrogen) atoms. The van der Waals surface area contributed by atoms with Gasteiger partial charge in [0.25, 0.3) is 5.91 Å². The van der Waals surface area contributed by atoms with Crippen molar-refractivity contribution < 1.29 is 14.6 Å². The highest BCUT2D eigenvalue weighted by Crippen LogP contribution is 2.55. The molecule has 1 amide bonds. The van der Waals surface area contributed by atoms with Gasteiger partial charge in [-0.25, -0.2) is 9.97 Å². The topological polar surface area (TPSA) is 87.6 Å². The summed E-state index contributed by atoms with van der Waals surface area (Å²) in [5, 5.41) is 15.0. The van der Waals surface area contributed by atoms with Crippen molar-refractivity contribution >= 4 is 23.5 Å². The van der Waals surface area contributed by atoms with Crippen LogP contribution in [0.2, 0.25) is 0 Å². The van der Waals surface area contributed by atoms with Gasteiger partial charge in [0.15, 0.2) is 5.16 Å². The Bertz CT molecular complexity index is 842. The molecule has 1 aliphatic heterocycles. The molecule has 0 aromatic carbocycles. The van der Waals surface area contributed by atoms with Gasteiger partial charge in [0.2, 0.25) is 0 Å². The normalized spacial score (nSPS) is 38.2. The van der Waals surface area contributed by atoms with E-state index in [1.807, 2.05) is 0 Å². The number of ether oxygens (including phenoxy) is 1. The Kier molecular flexibility index (Phi) is 6.14. The molecule has 0 spiro atoms. The van der Waals surface area contributed by atoms with Crippen LogP contribution in [0, 0.1) is 17.8 Å². The van der Waals surface area contributed by atoms with Crippen molar-refractivity contribution in [2.75, 3.05) is 23.7 Å². The third-order valence-corrected chi connectivity index (χ3v) is 8.75. The molecule has 1 saturated heterocycles. The molecular formula is C24H36N4O3S. The molecule has 1 aromatic heterocycles. The first-order valence-electron chi connectivity index (χ1n) is 12.3. The number of nitrogens with zero attached hydrogens (tertiary/aromatic N) is 3. The summed E-state index contributed by atoms with van der Waals surface area (Å²) in [6.45, 7) is 7.69. The molecule has 7 nitrogen and oxygen atoms in total. The second-order valence-electron chi connectivity index (χ2n) is 10.6. The number of nitrogens with one attached hydrogen (secondary N) is 1. The Labute approximate surface area is 195 Å². The molecule has 4 bridgehead atoms. The minimum atomic E-state index is -0.496. The summed E-state index contributed by atoms with van der Waals surface area (Å²) in [6, 6.07) is 0.142. The predicted octanol–water partition coefficient (Wildman–Crippen LogP) is 3.26. The first-order valence-corrected chi connectivity index (χ1v) is 13.3. The number of thioether (sulfide) groups is 1. The van der Waals surface area contributed by atoms with Gasteiger partial charge in [0, 0.05) is 31.1 Å². The largest absolute Gasteiger partial charge is 0.390 e. The van der Waals surface area contributed by atoms with E-state index in [0.29, 0.717) is 36.4 Å². The first kappa shape index (κ1) is 22.4. The summed E-state index contributed by atoms with van der Waals surface area (Å²) in [5.74, 6) is 2.97. The molecule has 5 aliphatic rings. The minimum absolute atomic E-state index is 0.0803. The molecule has 2 unspecified atom stereocenters. The molecular weight excluding hydrogens is 424 g/mol. The Morgan fingerprint density at radius 2 is 1.94 bits per heavy atom. The fourth-order valence-corrected chi connectivity index (χ4v) is 7.48. The van der Waals surface area contributed by atoms with Crippen LogP contribution in [0.1, 0.15) is 69.7 Å². The van der Waals surface area contributed by atoms with Crippen LogP contribution >= 0.6 is 11.8 Å². The third kappa shape index (κ3) is 4.38. The fraction of sp³-hybridized carbons (Fsp3) is 0.792. The van der Waals surface area contributed by atoms with Crippen LogP contribution in [-0.2, 0) is 4.74 Å². The highest BCUT2D eigenvalue weighted by Gasteiger charge is 2.55. The molecule has 6 rings (SSSR count).